The molecule has 0 bridgehead atoms. The maximum Gasteiger partial charge on any atom is 0.247 e. The number of amides is 2. The molecule has 0 spiro atoms. The summed E-state index contributed by atoms with van der Waals surface area (Å²) >= 11 is 0. The van der Waals surface area contributed by atoms with Gasteiger partial charge in [-0.3, -0.25) is 9.59 Å². The minimum absolute atomic E-state index is 0.0111. The van der Waals surface area contributed by atoms with Gasteiger partial charge in [0.1, 0.15) is 0 Å². The first kappa shape index (κ1) is 28.5. The number of carbonyl (C=O) groups is 2. The van der Waals surface area contributed by atoms with Crippen molar-refractivity contribution in [2.24, 2.45) is 5.92 Å². The Labute approximate surface area is 240 Å². The Balaban J connectivity index is 1.43. The van der Waals surface area contributed by atoms with E-state index in [9.17, 15) is 9.59 Å². The van der Waals surface area contributed by atoms with Gasteiger partial charge in [-0.1, -0.05) is 51.8 Å². The van der Waals surface area contributed by atoms with E-state index in [1.165, 1.54) is 12.5 Å². The maximum atomic E-state index is 13.1. The second-order valence-corrected chi connectivity index (χ2v) is 11.1. The Kier molecular flexibility index (Phi) is 9.13. The molecule has 1 aliphatic carbocycles. The summed E-state index contributed by atoms with van der Waals surface area (Å²) in [5.74, 6) is 0.905. The van der Waals surface area contributed by atoms with Crippen LogP contribution in [0.3, 0.4) is 0 Å². The summed E-state index contributed by atoms with van der Waals surface area (Å²) in [5.41, 5.74) is 3.63. The highest BCUT2D eigenvalue weighted by atomic mass is 16.5. The third-order valence-electron chi connectivity index (χ3n) is 7.83. The first-order valence-electron chi connectivity index (χ1n) is 14.6. The van der Waals surface area contributed by atoms with E-state index in [-0.39, 0.29) is 29.7 Å². The highest BCUT2D eigenvalue weighted by molar-refractivity contribution is 6.04. The van der Waals surface area contributed by atoms with Gasteiger partial charge in [-0.2, -0.15) is 19.6 Å². The fourth-order valence-electron chi connectivity index (χ4n) is 5.45. The summed E-state index contributed by atoms with van der Waals surface area (Å²) in [6.07, 6.45) is 9.89. The summed E-state index contributed by atoms with van der Waals surface area (Å²) < 4.78 is 7.21. The molecule has 3 aromatic rings. The molecule has 1 saturated carbocycles. The molecular formula is C30H40N8O3. The number of fused-ring (bicyclic) bond motifs is 1. The maximum absolute atomic E-state index is 13.1. The van der Waals surface area contributed by atoms with Crippen molar-refractivity contribution < 1.29 is 14.3 Å². The van der Waals surface area contributed by atoms with Crippen LogP contribution in [0.15, 0.2) is 37.1 Å². The topological polar surface area (TPSA) is 135 Å². The van der Waals surface area contributed by atoms with Gasteiger partial charge in [-0.15, -0.1) is 0 Å². The van der Waals surface area contributed by atoms with E-state index in [4.69, 9.17) is 14.7 Å². The highest BCUT2D eigenvalue weighted by Gasteiger charge is 2.23. The standard InChI is InChI=1S/C30H40N8O3/c1-4-25(39)35-26-21(11-8-12-24(26)34-28(40)20-9-6-5-7-10-20)17-31-30-37-29(33-22-13-15-41-16-14-22)36-27-23(19(2)3)18-32-38(27)30/h4,8,11-12,18-20,22H,1,5-7,9-10,13-17H2,2-3H3,(H,34,40)(H,35,39)(H2,31,33,36,37). The van der Waals surface area contributed by atoms with E-state index in [0.29, 0.717) is 43.0 Å². The number of ether oxygens (including phenoxy) is 1. The molecule has 1 aliphatic heterocycles. The zero-order chi connectivity index (χ0) is 28.8. The lowest BCUT2D eigenvalue weighted by atomic mass is 9.88. The summed E-state index contributed by atoms with van der Waals surface area (Å²) in [5, 5.41) is 17.4. The van der Waals surface area contributed by atoms with Gasteiger partial charge in [0, 0.05) is 37.3 Å². The van der Waals surface area contributed by atoms with Gasteiger partial charge in [-0.25, -0.2) is 0 Å². The molecule has 0 atom stereocenters. The first-order chi connectivity index (χ1) is 19.9. The highest BCUT2D eigenvalue weighted by Crippen LogP contribution is 2.31. The lowest BCUT2D eigenvalue weighted by molar-refractivity contribution is -0.120. The second kappa shape index (κ2) is 13.1. The van der Waals surface area contributed by atoms with Crippen molar-refractivity contribution in [2.45, 2.75) is 77.3 Å². The average Bonchev–Trinajstić information content (AvgIpc) is 3.42. The van der Waals surface area contributed by atoms with Gasteiger partial charge < -0.3 is 26.0 Å². The van der Waals surface area contributed by atoms with Crippen LogP contribution in [0.2, 0.25) is 0 Å². The van der Waals surface area contributed by atoms with Gasteiger partial charge in [0.25, 0.3) is 0 Å². The number of carbonyl (C=O) groups excluding carboxylic acids is 2. The summed E-state index contributed by atoms with van der Waals surface area (Å²) in [6.45, 7) is 9.55. The van der Waals surface area contributed by atoms with E-state index in [0.717, 1.165) is 55.3 Å². The van der Waals surface area contributed by atoms with E-state index >= 15 is 0 Å². The fraction of sp³-hybridized carbons (Fsp3) is 0.500. The van der Waals surface area contributed by atoms with Gasteiger partial charge >= 0.3 is 0 Å². The van der Waals surface area contributed by atoms with Gasteiger partial charge in [0.2, 0.25) is 23.7 Å². The molecule has 2 fully saturated rings. The monoisotopic (exact) mass is 560 g/mol. The lowest BCUT2D eigenvalue weighted by Gasteiger charge is -2.23. The zero-order valence-corrected chi connectivity index (χ0v) is 23.9. The van der Waals surface area contributed by atoms with Crippen molar-refractivity contribution in [3.63, 3.8) is 0 Å². The van der Waals surface area contributed by atoms with Crippen LogP contribution in [0.25, 0.3) is 5.65 Å². The molecule has 1 saturated heterocycles. The minimum atomic E-state index is -0.355. The number of hydrogen-bond donors (Lipinski definition) is 4. The fourth-order valence-corrected chi connectivity index (χ4v) is 5.45. The molecule has 4 N–H and O–H groups in total. The molecule has 41 heavy (non-hydrogen) atoms. The van der Waals surface area contributed by atoms with Crippen LogP contribution in [0.1, 0.15) is 75.8 Å². The van der Waals surface area contributed by atoms with Crippen LogP contribution in [-0.4, -0.2) is 50.7 Å². The van der Waals surface area contributed by atoms with Gasteiger partial charge in [-0.05, 0) is 49.3 Å². The van der Waals surface area contributed by atoms with Crippen molar-refractivity contribution >= 4 is 40.7 Å². The molecule has 1 aromatic carbocycles. The minimum Gasteiger partial charge on any atom is -0.381 e. The number of nitrogens with zero attached hydrogens (tertiary/aromatic N) is 4. The number of nitrogens with one attached hydrogen (secondary N) is 4. The molecule has 2 amide bonds. The third kappa shape index (κ3) is 6.84. The number of para-hydroxylation sites is 1. The predicted octanol–water partition coefficient (Wildman–Crippen LogP) is 5.09. The Morgan fingerprint density at radius 2 is 1.88 bits per heavy atom. The van der Waals surface area contributed by atoms with E-state index in [1.807, 2.05) is 24.4 Å². The SMILES string of the molecule is C=CC(=O)Nc1c(CNc2nc(NC3CCOCC3)nc3c(C(C)C)cnn23)cccc1NC(=O)C1CCCCC1. The Hall–Kier alpha value is -3.99. The quantitative estimate of drug-likeness (QED) is 0.252. The van der Waals surface area contributed by atoms with Gasteiger partial charge in [0.05, 0.1) is 17.6 Å². The second-order valence-electron chi connectivity index (χ2n) is 11.1. The van der Waals surface area contributed by atoms with E-state index in [1.54, 1.807) is 4.52 Å². The lowest BCUT2D eigenvalue weighted by Crippen LogP contribution is -2.29. The van der Waals surface area contributed by atoms with Crippen molar-refractivity contribution in [2.75, 3.05) is 34.5 Å². The van der Waals surface area contributed by atoms with Crippen LogP contribution in [-0.2, 0) is 20.9 Å². The Bertz CT molecular complexity index is 1390. The summed E-state index contributed by atoms with van der Waals surface area (Å²) in [6, 6.07) is 5.82. The van der Waals surface area contributed by atoms with E-state index in [2.05, 4.69) is 46.8 Å². The molecule has 2 aliphatic rings. The summed E-state index contributed by atoms with van der Waals surface area (Å²) in [7, 11) is 0. The molecule has 218 valence electrons. The number of rotatable bonds is 10. The van der Waals surface area contributed by atoms with Crippen molar-refractivity contribution in [3.8, 4) is 0 Å². The molecule has 3 heterocycles. The normalized spacial score (nSPS) is 16.5. The molecule has 11 heteroatoms. The molecule has 0 radical (unpaired) electrons. The van der Waals surface area contributed by atoms with Crippen LogP contribution in [0.5, 0.6) is 0 Å². The molecule has 5 rings (SSSR count). The Morgan fingerprint density at radius 1 is 1.10 bits per heavy atom. The van der Waals surface area contributed by atoms with Crippen LogP contribution in [0, 0.1) is 5.92 Å². The first-order valence-corrected chi connectivity index (χ1v) is 14.6. The number of benzene rings is 1. The number of hydrogen-bond acceptors (Lipinski definition) is 8. The van der Waals surface area contributed by atoms with Crippen LogP contribution >= 0.6 is 0 Å². The predicted molar refractivity (Wildman–Crippen MR) is 160 cm³/mol. The number of anilines is 4. The van der Waals surface area contributed by atoms with Gasteiger partial charge in [0.15, 0.2) is 5.65 Å². The van der Waals surface area contributed by atoms with Crippen LogP contribution in [0.4, 0.5) is 23.3 Å². The largest absolute Gasteiger partial charge is 0.381 e. The third-order valence-corrected chi connectivity index (χ3v) is 7.83. The average molecular weight is 561 g/mol. The van der Waals surface area contributed by atoms with E-state index < -0.39 is 0 Å². The van der Waals surface area contributed by atoms with Crippen LogP contribution < -0.4 is 21.3 Å². The van der Waals surface area contributed by atoms with Crippen molar-refractivity contribution in [1.29, 1.82) is 0 Å². The summed E-state index contributed by atoms with van der Waals surface area (Å²) in [4.78, 5) is 35.1. The molecular weight excluding hydrogens is 520 g/mol. The smallest absolute Gasteiger partial charge is 0.247 e. The number of aromatic nitrogens is 4. The Morgan fingerprint density at radius 3 is 2.61 bits per heavy atom. The molecule has 0 unspecified atom stereocenters. The zero-order valence-electron chi connectivity index (χ0n) is 23.9. The molecule has 11 nitrogen and oxygen atoms in total. The van der Waals surface area contributed by atoms with Crippen molar-refractivity contribution in [1.82, 2.24) is 19.6 Å². The van der Waals surface area contributed by atoms with Crippen molar-refractivity contribution in [3.05, 3.63) is 48.2 Å². The molecule has 2 aromatic heterocycles.